The molecule has 0 unspecified atom stereocenters. The van der Waals surface area contributed by atoms with Crippen LogP contribution in [0.5, 0.6) is 0 Å². The molecule has 2 aromatic carbocycles. The largest absolute Gasteiger partial charge is 0.381 e. The fourth-order valence-corrected chi connectivity index (χ4v) is 2.47. The van der Waals surface area contributed by atoms with Crippen LogP contribution in [0, 0.1) is 0 Å². The Bertz CT molecular complexity index is 640. The maximum atomic E-state index is 11.7. The third kappa shape index (κ3) is 3.56. The molecule has 0 aromatic heterocycles. The molecule has 100 valence electrons. The number of hydrogen-bond donors (Lipinski definition) is 2. The van der Waals surface area contributed by atoms with Gasteiger partial charge in [0.15, 0.2) is 0 Å². The number of rotatable bonds is 5. The molecule has 0 atom stereocenters. The molecule has 0 amide bonds. The Hall–Kier alpha value is -1.85. The quantitative estimate of drug-likeness (QED) is 0.880. The van der Waals surface area contributed by atoms with Crippen molar-refractivity contribution in [1.82, 2.24) is 4.72 Å². The van der Waals surface area contributed by atoms with Crippen LogP contribution in [0.3, 0.4) is 0 Å². The second-order valence-corrected chi connectivity index (χ2v) is 5.96. The van der Waals surface area contributed by atoms with Crippen molar-refractivity contribution in [3.63, 3.8) is 0 Å². The summed E-state index contributed by atoms with van der Waals surface area (Å²) in [6, 6.07) is 16.7. The minimum atomic E-state index is -3.39. The van der Waals surface area contributed by atoms with E-state index in [0.29, 0.717) is 6.54 Å². The molecular weight excluding hydrogens is 260 g/mol. The summed E-state index contributed by atoms with van der Waals surface area (Å²) in [4.78, 5) is 0.257. The van der Waals surface area contributed by atoms with Gasteiger partial charge in [-0.1, -0.05) is 36.4 Å². The minimum absolute atomic E-state index is 0.257. The summed E-state index contributed by atoms with van der Waals surface area (Å²) in [5, 5.41) is 3.21. The van der Waals surface area contributed by atoms with Gasteiger partial charge in [-0.25, -0.2) is 13.1 Å². The summed E-state index contributed by atoms with van der Waals surface area (Å²) in [7, 11) is -1.99. The predicted octanol–water partition coefficient (Wildman–Crippen LogP) is 2.21. The zero-order chi connectivity index (χ0) is 13.7. The lowest BCUT2D eigenvalue weighted by Gasteiger charge is -2.08. The summed E-state index contributed by atoms with van der Waals surface area (Å²) in [5.41, 5.74) is 1.92. The van der Waals surface area contributed by atoms with Gasteiger partial charge in [0, 0.05) is 12.2 Å². The Morgan fingerprint density at radius 3 is 2.42 bits per heavy atom. The summed E-state index contributed by atoms with van der Waals surface area (Å²) in [6.07, 6.45) is 0. The van der Waals surface area contributed by atoms with Crippen LogP contribution in [0.25, 0.3) is 0 Å². The van der Waals surface area contributed by atoms with E-state index in [4.69, 9.17) is 0 Å². The Labute approximate surface area is 113 Å². The fraction of sp³-hybridized carbons (Fsp3) is 0.143. The van der Waals surface area contributed by atoms with Crippen LogP contribution in [-0.2, 0) is 16.6 Å². The van der Waals surface area contributed by atoms with Crippen LogP contribution in [0.2, 0.25) is 0 Å². The second-order valence-electron chi connectivity index (χ2n) is 4.07. The Kier molecular flexibility index (Phi) is 4.19. The number of benzene rings is 2. The van der Waals surface area contributed by atoms with Crippen molar-refractivity contribution < 1.29 is 8.42 Å². The van der Waals surface area contributed by atoms with Crippen molar-refractivity contribution in [2.45, 2.75) is 11.4 Å². The molecule has 0 bridgehead atoms. The predicted molar refractivity (Wildman–Crippen MR) is 76.5 cm³/mol. The van der Waals surface area contributed by atoms with Crippen LogP contribution < -0.4 is 10.0 Å². The third-order valence-electron chi connectivity index (χ3n) is 2.75. The topological polar surface area (TPSA) is 58.2 Å². The Morgan fingerprint density at radius 2 is 1.74 bits per heavy atom. The zero-order valence-corrected chi connectivity index (χ0v) is 11.4. The fourth-order valence-electron chi connectivity index (χ4n) is 1.69. The van der Waals surface area contributed by atoms with E-state index >= 15 is 0 Å². The molecule has 19 heavy (non-hydrogen) atoms. The van der Waals surface area contributed by atoms with Crippen LogP contribution in [0.4, 0.5) is 5.69 Å². The van der Waals surface area contributed by atoms with E-state index in [1.165, 1.54) is 7.05 Å². The summed E-state index contributed by atoms with van der Waals surface area (Å²) in [6.45, 7) is 0.657. The van der Waals surface area contributed by atoms with Gasteiger partial charge < -0.3 is 5.32 Å². The highest BCUT2D eigenvalue weighted by molar-refractivity contribution is 7.89. The highest BCUT2D eigenvalue weighted by Gasteiger charge is 2.10. The maximum Gasteiger partial charge on any atom is 0.240 e. The van der Waals surface area contributed by atoms with Crippen molar-refractivity contribution in [3.05, 3.63) is 60.2 Å². The molecule has 2 rings (SSSR count). The molecule has 0 radical (unpaired) electrons. The van der Waals surface area contributed by atoms with E-state index in [9.17, 15) is 8.42 Å². The minimum Gasteiger partial charge on any atom is -0.381 e. The van der Waals surface area contributed by atoms with Crippen molar-refractivity contribution in [3.8, 4) is 0 Å². The molecule has 0 saturated carbocycles. The molecule has 0 aliphatic heterocycles. The number of anilines is 1. The lowest BCUT2D eigenvalue weighted by molar-refractivity contribution is 0.588. The number of sulfonamides is 1. The smallest absolute Gasteiger partial charge is 0.240 e. The second kappa shape index (κ2) is 5.86. The molecule has 0 heterocycles. The molecule has 5 heteroatoms. The molecule has 0 aliphatic rings. The lowest BCUT2D eigenvalue weighted by Crippen LogP contribution is -2.18. The average Bonchev–Trinajstić information content (AvgIpc) is 2.46. The summed E-state index contributed by atoms with van der Waals surface area (Å²) in [5.74, 6) is 0. The molecule has 0 fully saturated rings. The van der Waals surface area contributed by atoms with Crippen LogP contribution in [-0.4, -0.2) is 15.5 Å². The third-order valence-corrected chi connectivity index (χ3v) is 4.16. The standard InChI is InChI=1S/C14H16N2O2S/c1-15-19(17,18)14-9-5-8-13(10-14)16-11-12-6-3-2-4-7-12/h2-10,15-16H,11H2,1H3. The first-order chi connectivity index (χ1) is 9.12. The Balaban J connectivity index is 2.12. The van der Waals surface area contributed by atoms with Crippen LogP contribution in [0.1, 0.15) is 5.56 Å². The van der Waals surface area contributed by atoms with Gasteiger partial charge in [0.2, 0.25) is 10.0 Å². The normalized spacial score (nSPS) is 11.2. The molecule has 0 spiro atoms. The lowest BCUT2D eigenvalue weighted by atomic mass is 10.2. The highest BCUT2D eigenvalue weighted by Crippen LogP contribution is 2.15. The van der Waals surface area contributed by atoms with Gasteiger partial charge in [-0.2, -0.15) is 0 Å². The van der Waals surface area contributed by atoms with Crippen molar-refractivity contribution in [2.24, 2.45) is 0 Å². The SMILES string of the molecule is CNS(=O)(=O)c1cccc(NCc2ccccc2)c1. The summed E-state index contributed by atoms with van der Waals surface area (Å²) < 4.78 is 25.7. The molecule has 2 N–H and O–H groups in total. The van der Waals surface area contributed by atoms with E-state index in [1.807, 2.05) is 36.4 Å². The van der Waals surface area contributed by atoms with Crippen molar-refractivity contribution in [1.29, 1.82) is 0 Å². The number of nitrogens with one attached hydrogen (secondary N) is 2. The molecule has 0 aliphatic carbocycles. The molecular formula is C14H16N2O2S. The molecule has 4 nitrogen and oxygen atoms in total. The van der Waals surface area contributed by atoms with Gasteiger partial charge in [0.1, 0.15) is 0 Å². The van der Waals surface area contributed by atoms with Gasteiger partial charge in [0.05, 0.1) is 4.90 Å². The van der Waals surface area contributed by atoms with Gasteiger partial charge in [0.25, 0.3) is 0 Å². The molecule has 2 aromatic rings. The first-order valence-electron chi connectivity index (χ1n) is 5.93. The van der Waals surface area contributed by atoms with Crippen LogP contribution in [0.15, 0.2) is 59.5 Å². The summed E-state index contributed by atoms with van der Waals surface area (Å²) >= 11 is 0. The van der Waals surface area contributed by atoms with Gasteiger partial charge in [-0.3, -0.25) is 0 Å². The van der Waals surface area contributed by atoms with Crippen molar-refractivity contribution in [2.75, 3.05) is 12.4 Å². The van der Waals surface area contributed by atoms with Gasteiger partial charge >= 0.3 is 0 Å². The highest BCUT2D eigenvalue weighted by atomic mass is 32.2. The van der Waals surface area contributed by atoms with Gasteiger partial charge in [-0.15, -0.1) is 0 Å². The zero-order valence-electron chi connectivity index (χ0n) is 10.6. The monoisotopic (exact) mass is 276 g/mol. The van der Waals surface area contributed by atoms with E-state index in [2.05, 4.69) is 10.0 Å². The van der Waals surface area contributed by atoms with E-state index in [1.54, 1.807) is 18.2 Å². The van der Waals surface area contributed by atoms with E-state index in [-0.39, 0.29) is 4.90 Å². The average molecular weight is 276 g/mol. The maximum absolute atomic E-state index is 11.7. The first-order valence-corrected chi connectivity index (χ1v) is 7.41. The number of hydrogen-bond acceptors (Lipinski definition) is 3. The molecule has 0 saturated heterocycles. The Morgan fingerprint density at radius 1 is 1.00 bits per heavy atom. The van der Waals surface area contributed by atoms with E-state index < -0.39 is 10.0 Å². The van der Waals surface area contributed by atoms with E-state index in [0.717, 1.165) is 11.3 Å². The van der Waals surface area contributed by atoms with Crippen LogP contribution >= 0.6 is 0 Å². The van der Waals surface area contributed by atoms with Crippen molar-refractivity contribution >= 4 is 15.7 Å². The van der Waals surface area contributed by atoms with Gasteiger partial charge in [-0.05, 0) is 30.8 Å². The first kappa shape index (κ1) is 13.6.